The molecular formula is C16H18ClNO3S. The summed E-state index contributed by atoms with van der Waals surface area (Å²) >= 11 is 7.28. The van der Waals surface area contributed by atoms with Crippen molar-refractivity contribution in [2.75, 3.05) is 19.8 Å². The van der Waals surface area contributed by atoms with E-state index in [1.807, 2.05) is 24.3 Å². The average molecular weight is 340 g/mol. The van der Waals surface area contributed by atoms with Gasteiger partial charge in [-0.25, -0.2) is 0 Å². The first-order valence-corrected chi connectivity index (χ1v) is 8.45. The van der Waals surface area contributed by atoms with Gasteiger partial charge in [0.1, 0.15) is 6.10 Å². The number of hydrogen-bond acceptors (Lipinski definition) is 5. The van der Waals surface area contributed by atoms with Gasteiger partial charge in [0.05, 0.1) is 17.6 Å². The third-order valence-corrected chi connectivity index (χ3v) is 4.76. The predicted octanol–water partition coefficient (Wildman–Crippen LogP) is 3.39. The standard InChI is InChI=1S/C16H18ClNO3S/c17-15-6-5-14(22-15)12(19)10-18-9-11-3-1-4-13-16(11)21-8-2-7-20-13/h1,3-6,12,18-19H,2,7-10H2. The van der Waals surface area contributed by atoms with Crippen LogP contribution in [-0.4, -0.2) is 24.9 Å². The second-order valence-corrected chi connectivity index (χ2v) is 6.83. The topological polar surface area (TPSA) is 50.7 Å². The van der Waals surface area contributed by atoms with Crippen molar-refractivity contribution in [2.45, 2.75) is 19.1 Å². The van der Waals surface area contributed by atoms with Crippen molar-refractivity contribution < 1.29 is 14.6 Å². The third-order valence-electron chi connectivity index (χ3n) is 3.43. The molecule has 22 heavy (non-hydrogen) atoms. The smallest absolute Gasteiger partial charge is 0.165 e. The molecule has 118 valence electrons. The number of para-hydroxylation sites is 1. The summed E-state index contributed by atoms with van der Waals surface area (Å²) in [4.78, 5) is 0.865. The van der Waals surface area contributed by atoms with Crippen molar-refractivity contribution in [3.63, 3.8) is 0 Å². The van der Waals surface area contributed by atoms with Gasteiger partial charge < -0.3 is 19.9 Å². The van der Waals surface area contributed by atoms with E-state index in [1.54, 1.807) is 6.07 Å². The number of aliphatic hydroxyl groups excluding tert-OH is 1. The predicted molar refractivity (Wildman–Crippen MR) is 88.0 cm³/mol. The molecule has 2 N–H and O–H groups in total. The van der Waals surface area contributed by atoms with E-state index >= 15 is 0 Å². The van der Waals surface area contributed by atoms with Gasteiger partial charge in [0.25, 0.3) is 0 Å². The van der Waals surface area contributed by atoms with Gasteiger partial charge in [0, 0.05) is 30.0 Å². The third kappa shape index (κ3) is 3.73. The van der Waals surface area contributed by atoms with Crippen molar-refractivity contribution >= 4 is 22.9 Å². The van der Waals surface area contributed by atoms with Crippen LogP contribution in [0.3, 0.4) is 0 Å². The van der Waals surface area contributed by atoms with Crippen LogP contribution in [-0.2, 0) is 6.54 Å². The molecule has 1 aromatic carbocycles. The summed E-state index contributed by atoms with van der Waals surface area (Å²) in [5.74, 6) is 1.60. The van der Waals surface area contributed by atoms with Gasteiger partial charge in [-0.15, -0.1) is 11.3 Å². The number of benzene rings is 1. The summed E-state index contributed by atoms with van der Waals surface area (Å²) in [7, 11) is 0. The number of thiophene rings is 1. The summed E-state index contributed by atoms with van der Waals surface area (Å²) in [5.41, 5.74) is 1.04. The molecular weight excluding hydrogens is 322 g/mol. The summed E-state index contributed by atoms with van der Waals surface area (Å²) in [6.45, 7) is 2.42. The van der Waals surface area contributed by atoms with E-state index in [9.17, 15) is 5.11 Å². The fourth-order valence-corrected chi connectivity index (χ4v) is 3.39. The quantitative estimate of drug-likeness (QED) is 0.876. The molecule has 3 rings (SSSR count). The summed E-state index contributed by atoms with van der Waals surface area (Å²) < 4.78 is 12.1. The molecule has 0 aliphatic carbocycles. The van der Waals surface area contributed by atoms with Gasteiger partial charge in [-0.05, 0) is 18.2 Å². The van der Waals surface area contributed by atoms with Gasteiger partial charge in [-0.3, -0.25) is 0 Å². The molecule has 1 aromatic heterocycles. The van der Waals surface area contributed by atoms with Crippen molar-refractivity contribution in [3.05, 3.63) is 45.1 Å². The Bertz CT molecular complexity index is 632. The molecule has 1 unspecified atom stereocenters. The zero-order valence-corrected chi connectivity index (χ0v) is 13.6. The summed E-state index contributed by atoms with van der Waals surface area (Å²) in [6, 6.07) is 9.54. The molecule has 0 radical (unpaired) electrons. The number of fused-ring (bicyclic) bond motifs is 1. The second kappa shape index (κ2) is 7.33. The van der Waals surface area contributed by atoms with E-state index in [4.69, 9.17) is 21.1 Å². The Kier molecular flexibility index (Phi) is 5.20. The van der Waals surface area contributed by atoms with Gasteiger partial charge in [0.2, 0.25) is 0 Å². The Morgan fingerprint density at radius 3 is 2.91 bits per heavy atom. The summed E-state index contributed by atoms with van der Waals surface area (Å²) in [6.07, 6.45) is 0.330. The zero-order chi connectivity index (χ0) is 15.4. The largest absolute Gasteiger partial charge is 0.490 e. The number of hydrogen-bond donors (Lipinski definition) is 2. The van der Waals surface area contributed by atoms with Crippen LogP contribution in [0.15, 0.2) is 30.3 Å². The first-order valence-electron chi connectivity index (χ1n) is 7.25. The highest BCUT2D eigenvalue weighted by atomic mass is 35.5. The number of aliphatic hydroxyl groups is 1. The van der Waals surface area contributed by atoms with Crippen LogP contribution in [0.25, 0.3) is 0 Å². The van der Waals surface area contributed by atoms with Crippen LogP contribution in [0, 0.1) is 0 Å². The first kappa shape index (κ1) is 15.6. The molecule has 0 bridgehead atoms. The minimum atomic E-state index is -0.558. The van der Waals surface area contributed by atoms with Crippen LogP contribution in [0.2, 0.25) is 4.34 Å². The molecule has 0 fully saturated rings. The number of ether oxygens (including phenoxy) is 2. The molecule has 0 spiro atoms. The van der Waals surface area contributed by atoms with Gasteiger partial charge >= 0.3 is 0 Å². The fraction of sp³-hybridized carbons (Fsp3) is 0.375. The van der Waals surface area contributed by atoms with E-state index in [-0.39, 0.29) is 0 Å². The minimum absolute atomic E-state index is 0.460. The highest BCUT2D eigenvalue weighted by Gasteiger charge is 2.15. The van der Waals surface area contributed by atoms with Gasteiger partial charge in [-0.2, -0.15) is 0 Å². The SMILES string of the molecule is OC(CNCc1cccc2c1OCCCO2)c1ccc(Cl)s1. The lowest BCUT2D eigenvalue weighted by Crippen LogP contribution is -2.21. The Balaban J connectivity index is 1.60. The molecule has 6 heteroatoms. The Morgan fingerprint density at radius 1 is 1.23 bits per heavy atom. The van der Waals surface area contributed by atoms with E-state index in [0.717, 1.165) is 28.4 Å². The van der Waals surface area contributed by atoms with E-state index in [1.165, 1.54) is 11.3 Å². The Hall–Kier alpha value is -1.27. The molecule has 2 aromatic rings. The normalized spacial score (nSPS) is 15.4. The molecule has 1 aliphatic rings. The van der Waals surface area contributed by atoms with Crippen LogP contribution >= 0.6 is 22.9 Å². The van der Waals surface area contributed by atoms with Crippen molar-refractivity contribution in [2.24, 2.45) is 0 Å². The van der Waals surface area contributed by atoms with Gasteiger partial charge in [0.15, 0.2) is 11.5 Å². The average Bonchev–Trinajstić information content (AvgIpc) is 2.81. The van der Waals surface area contributed by atoms with E-state index in [0.29, 0.717) is 30.6 Å². The Morgan fingerprint density at radius 2 is 2.09 bits per heavy atom. The molecule has 1 atom stereocenters. The number of halogens is 1. The minimum Gasteiger partial charge on any atom is -0.490 e. The highest BCUT2D eigenvalue weighted by molar-refractivity contribution is 7.16. The number of nitrogens with one attached hydrogen (secondary N) is 1. The molecule has 4 nitrogen and oxygen atoms in total. The highest BCUT2D eigenvalue weighted by Crippen LogP contribution is 2.33. The summed E-state index contributed by atoms with van der Waals surface area (Å²) in [5, 5.41) is 13.4. The van der Waals surface area contributed by atoms with Crippen LogP contribution in [0.4, 0.5) is 0 Å². The maximum atomic E-state index is 10.1. The van der Waals surface area contributed by atoms with E-state index < -0.39 is 6.10 Å². The zero-order valence-electron chi connectivity index (χ0n) is 12.0. The van der Waals surface area contributed by atoms with Crippen molar-refractivity contribution in [1.29, 1.82) is 0 Å². The fourth-order valence-electron chi connectivity index (χ4n) is 2.34. The van der Waals surface area contributed by atoms with Crippen molar-refractivity contribution in [3.8, 4) is 11.5 Å². The first-order chi connectivity index (χ1) is 10.7. The van der Waals surface area contributed by atoms with Crippen LogP contribution in [0.1, 0.15) is 23.0 Å². The molecule has 2 heterocycles. The lowest BCUT2D eigenvalue weighted by molar-refractivity contribution is 0.178. The van der Waals surface area contributed by atoms with E-state index in [2.05, 4.69) is 5.32 Å². The maximum Gasteiger partial charge on any atom is 0.165 e. The van der Waals surface area contributed by atoms with Crippen LogP contribution in [0.5, 0.6) is 11.5 Å². The van der Waals surface area contributed by atoms with Gasteiger partial charge in [-0.1, -0.05) is 23.7 Å². The maximum absolute atomic E-state index is 10.1. The monoisotopic (exact) mass is 339 g/mol. The molecule has 0 saturated heterocycles. The van der Waals surface area contributed by atoms with Crippen LogP contribution < -0.4 is 14.8 Å². The second-order valence-electron chi connectivity index (χ2n) is 5.08. The lowest BCUT2D eigenvalue weighted by Gasteiger charge is -2.14. The molecule has 0 amide bonds. The molecule has 0 saturated carbocycles. The molecule has 1 aliphatic heterocycles. The Labute approximate surface area is 138 Å². The lowest BCUT2D eigenvalue weighted by atomic mass is 10.1. The number of rotatable bonds is 5. The van der Waals surface area contributed by atoms with Crippen molar-refractivity contribution in [1.82, 2.24) is 5.32 Å².